The first-order chi connectivity index (χ1) is 9.08. The van der Waals surface area contributed by atoms with Crippen molar-refractivity contribution in [2.24, 2.45) is 0 Å². The monoisotopic (exact) mass is 255 g/mol. The summed E-state index contributed by atoms with van der Waals surface area (Å²) in [5.74, 6) is 0. The second kappa shape index (κ2) is 6.00. The number of aryl methyl sites for hydroxylation is 1. The van der Waals surface area contributed by atoms with Crippen LogP contribution in [0.25, 0.3) is 0 Å². The van der Waals surface area contributed by atoms with Gasteiger partial charge in [0.05, 0.1) is 5.60 Å². The summed E-state index contributed by atoms with van der Waals surface area (Å²) in [4.78, 5) is 0. The van der Waals surface area contributed by atoms with E-state index < -0.39 is 5.60 Å². The smallest absolute Gasteiger partial charge is 0.0992 e. The second-order valence-corrected chi connectivity index (χ2v) is 5.23. The van der Waals surface area contributed by atoms with E-state index in [0.29, 0.717) is 6.54 Å². The molecule has 2 N–H and O–H groups in total. The molecule has 0 radical (unpaired) electrons. The van der Waals surface area contributed by atoms with E-state index in [-0.39, 0.29) is 0 Å². The first kappa shape index (κ1) is 13.8. The van der Waals surface area contributed by atoms with E-state index in [1.165, 1.54) is 11.1 Å². The van der Waals surface area contributed by atoms with Crippen LogP contribution in [0.5, 0.6) is 0 Å². The minimum Gasteiger partial charge on any atom is -0.384 e. The highest BCUT2D eigenvalue weighted by Gasteiger charge is 2.21. The van der Waals surface area contributed by atoms with Crippen LogP contribution in [0.2, 0.25) is 0 Å². The molecule has 2 aromatic carbocycles. The van der Waals surface area contributed by atoms with Gasteiger partial charge in [-0.1, -0.05) is 60.2 Å². The Morgan fingerprint density at radius 2 is 1.63 bits per heavy atom. The van der Waals surface area contributed by atoms with Gasteiger partial charge in [0.1, 0.15) is 0 Å². The maximum absolute atomic E-state index is 10.4. The summed E-state index contributed by atoms with van der Waals surface area (Å²) >= 11 is 0. The van der Waals surface area contributed by atoms with Gasteiger partial charge in [-0.25, -0.2) is 0 Å². The molecule has 0 aliphatic heterocycles. The SMILES string of the molecule is Cc1ccc(CNCC(C)(O)c2ccccc2)cc1. The maximum Gasteiger partial charge on any atom is 0.0992 e. The van der Waals surface area contributed by atoms with Gasteiger partial charge in [0, 0.05) is 13.1 Å². The van der Waals surface area contributed by atoms with E-state index in [2.05, 4.69) is 36.5 Å². The van der Waals surface area contributed by atoms with Crippen LogP contribution in [-0.2, 0) is 12.1 Å². The van der Waals surface area contributed by atoms with Crippen molar-refractivity contribution in [2.45, 2.75) is 26.0 Å². The number of nitrogens with one attached hydrogen (secondary N) is 1. The lowest BCUT2D eigenvalue weighted by molar-refractivity contribution is 0.0567. The van der Waals surface area contributed by atoms with E-state index in [4.69, 9.17) is 0 Å². The zero-order valence-corrected chi connectivity index (χ0v) is 11.6. The van der Waals surface area contributed by atoms with Crippen LogP contribution in [0.3, 0.4) is 0 Å². The molecule has 2 nitrogen and oxygen atoms in total. The first-order valence-corrected chi connectivity index (χ1v) is 6.62. The number of hydrogen-bond donors (Lipinski definition) is 2. The largest absolute Gasteiger partial charge is 0.384 e. The first-order valence-electron chi connectivity index (χ1n) is 6.62. The number of rotatable bonds is 5. The topological polar surface area (TPSA) is 32.3 Å². The van der Waals surface area contributed by atoms with E-state index in [0.717, 1.165) is 12.1 Å². The Morgan fingerprint density at radius 1 is 1.00 bits per heavy atom. The molecule has 2 rings (SSSR count). The van der Waals surface area contributed by atoms with E-state index in [1.807, 2.05) is 37.3 Å². The van der Waals surface area contributed by atoms with Crippen LogP contribution in [0.1, 0.15) is 23.6 Å². The van der Waals surface area contributed by atoms with Gasteiger partial charge in [-0.05, 0) is 25.0 Å². The van der Waals surface area contributed by atoms with Crippen LogP contribution >= 0.6 is 0 Å². The average molecular weight is 255 g/mol. The molecule has 1 unspecified atom stereocenters. The average Bonchev–Trinajstić information content (AvgIpc) is 2.42. The highest BCUT2D eigenvalue weighted by atomic mass is 16.3. The lowest BCUT2D eigenvalue weighted by Crippen LogP contribution is -2.35. The van der Waals surface area contributed by atoms with Crippen molar-refractivity contribution < 1.29 is 5.11 Å². The van der Waals surface area contributed by atoms with Gasteiger partial charge >= 0.3 is 0 Å². The molecule has 2 heteroatoms. The third-order valence-corrected chi connectivity index (χ3v) is 3.31. The minimum atomic E-state index is -0.841. The van der Waals surface area contributed by atoms with Gasteiger partial charge in [-0.2, -0.15) is 0 Å². The molecular formula is C17H21NO. The van der Waals surface area contributed by atoms with Gasteiger partial charge in [0.15, 0.2) is 0 Å². The summed E-state index contributed by atoms with van der Waals surface area (Å²) in [6.07, 6.45) is 0. The molecule has 0 aliphatic carbocycles. The predicted octanol–water partition coefficient (Wildman–Crippen LogP) is 2.99. The molecule has 0 aromatic heterocycles. The molecule has 0 amide bonds. The summed E-state index contributed by atoms with van der Waals surface area (Å²) in [5.41, 5.74) is 2.59. The highest BCUT2D eigenvalue weighted by molar-refractivity contribution is 5.23. The summed E-state index contributed by atoms with van der Waals surface area (Å²) in [7, 11) is 0. The maximum atomic E-state index is 10.4. The molecule has 0 aliphatic rings. The van der Waals surface area contributed by atoms with Crippen molar-refractivity contribution in [2.75, 3.05) is 6.54 Å². The van der Waals surface area contributed by atoms with Gasteiger partial charge in [-0.3, -0.25) is 0 Å². The van der Waals surface area contributed by atoms with Crippen molar-refractivity contribution in [1.82, 2.24) is 5.32 Å². The van der Waals surface area contributed by atoms with Crippen LogP contribution in [0, 0.1) is 6.92 Å². The zero-order valence-electron chi connectivity index (χ0n) is 11.6. The molecule has 1 atom stereocenters. The zero-order chi connectivity index (χ0) is 13.7. The molecule has 0 heterocycles. The molecule has 0 saturated heterocycles. The van der Waals surface area contributed by atoms with E-state index >= 15 is 0 Å². The quantitative estimate of drug-likeness (QED) is 0.861. The van der Waals surface area contributed by atoms with Crippen molar-refractivity contribution in [3.8, 4) is 0 Å². The Balaban J connectivity index is 1.90. The van der Waals surface area contributed by atoms with Crippen molar-refractivity contribution in [1.29, 1.82) is 0 Å². The van der Waals surface area contributed by atoms with E-state index in [9.17, 15) is 5.11 Å². The third-order valence-electron chi connectivity index (χ3n) is 3.31. The van der Waals surface area contributed by atoms with Crippen LogP contribution in [0.4, 0.5) is 0 Å². The van der Waals surface area contributed by atoms with Crippen LogP contribution in [-0.4, -0.2) is 11.7 Å². The predicted molar refractivity (Wildman–Crippen MR) is 78.9 cm³/mol. The lowest BCUT2D eigenvalue weighted by Gasteiger charge is -2.24. The fraction of sp³-hybridized carbons (Fsp3) is 0.294. The fourth-order valence-electron chi connectivity index (χ4n) is 2.06. The number of aliphatic hydroxyl groups is 1. The normalized spacial score (nSPS) is 14.1. The molecule has 2 aromatic rings. The molecular weight excluding hydrogens is 234 g/mol. The van der Waals surface area contributed by atoms with Gasteiger partial charge in [0.2, 0.25) is 0 Å². The Hall–Kier alpha value is -1.64. The summed E-state index contributed by atoms with van der Waals surface area (Å²) in [6, 6.07) is 18.2. The van der Waals surface area contributed by atoms with Gasteiger partial charge in [0.25, 0.3) is 0 Å². The second-order valence-electron chi connectivity index (χ2n) is 5.23. The minimum absolute atomic E-state index is 0.533. The van der Waals surface area contributed by atoms with Crippen LogP contribution < -0.4 is 5.32 Å². The third kappa shape index (κ3) is 3.91. The van der Waals surface area contributed by atoms with Crippen molar-refractivity contribution in [3.63, 3.8) is 0 Å². The van der Waals surface area contributed by atoms with Crippen molar-refractivity contribution >= 4 is 0 Å². The summed E-state index contributed by atoms with van der Waals surface area (Å²) in [5, 5.41) is 13.8. The Labute approximate surface area is 115 Å². The van der Waals surface area contributed by atoms with Crippen LogP contribution in [0.15, 0.2) is 54.6 Å². The molecule has 19 heavy (non-hydrogen) atoms. The Bertz CT molecular complexity index is 503. The van der Waals surface area contributed by atoms with Gasteiger partial charge in [-0.15, -0.1) is 0 Å². The molecule has 0 bridgehead atoms. The Kier molecular flexibility index (Phi) is 4.35. The number of benzene rings is 2. The standard InChI is InChI=1S/C17H21NO/c1-14-8-10-15(11-9-14)12-18-13-17(2,19)16-6-4-3-5-7-16/h3-11,18-19H,12-13H2,1-2H3. The highest BCUT2D eigenvalue weighted by Crippen LogP contribution is 2.19. The summed E-state index contributed by atoms with van der Waals surface area (Å²) in [6.45, 7) is 5.22. The summed E-state index contributed by atoms with van der Waals surface area (Å²) < 4.78 is 0. The molecule has 0 spiro atoms. The molecule has 0 fully saturated rings. The number of hydrogen-bond acceptors (Lipinski definition) is 2. The van der Waals surface area contributed by atoms with Gasteiger partial charge < -0.3 is 10.4 Å². The van der Waals surface area contributed by atoms with Crippen molar-refractivity contribution in [3.05, 3.63) is 71.3 Å². The lowest BCUT2D eigenvalue weighted by atomic mass is 9.96. The van der Waals surface area contributed by atoms with E-state index in [1.54, 1.807) is 0 Å². The molecule has 100 valence electrons. The fourth-order valence-corrected chi connectivity index (χ4v) is 2.06. The Morgan fingerprint density at radius 3 is 2.26 bits per heavy atom. The molecule has 0 saturated carbocycles.